The molecule has 0 radical (unpaired) electrons. The Morgan fingerprint density at radius 2 is 1.54 bits per heavy atom. The molecular formula is C10H23N3. The maximum Gasteiger partial charge on any atom is 0.196 e. The Labute approximate surface area is 82.4 Å². The first-order valence-electron chi connectivity index (χ1n) is 5.21. The molecule has 0 N–H and O–H groups in total. The predicted octanol–water partition coefficient (Wildman–Crippen LogP) is 1.66. The minimum absolute atomic E-state index is 0.857. The molecule has 0 saturated carbocycles. The summed E-state index contributed by atoms with van der Waals surface area (Å²) in [5, 5.41) is 0. The normalized spacial score (nSPS) is 11.6. The standard InChI is InChI=1S/C10H23N3/c1-6-11-10(12(5)7-2)13(8-3)9-4/h6-9H2,1-5H3. The molecule has 0 heterocycles. The molecule has 0 atom stereocenters. The highest BCUT2D eigenvalue weighted by Gasteiger charge is 2.09. The van der Waals surface area contributed by atoms with Crippen LogP contribution in [-0.4, -0.2) is 49.0 Å². The average molecular weight is 185 g/mol. The third-order valence-electron chi connectivity index (χ3n) is 2.16. The van der Waals surface area contributed by atoms with Gasteiger partial charge in [0.15, 0.2) is 5.96 Å². The lowest BCUT2D eigenvalue weighted by atomic mass is 10.5. The zero-order valence-corrected chi connectivity index (χ0v) is 9.67. The van der Waals surface area contributed by atoms with E-state index >= 15 is 0 Å². The van der Waals surface area contributed by atoms with Crippen LogP contribution in [0.4, 0.5) is 0 Å². The van der Waals surface area contributed by atoms with Gasteiger partial charge in [0.1, 0.15) is 0 Å². The van der Waals surface area contributed by atoms with Crippen LogP contribution < -0.4 is 0 Å². The second-order valence-corrected chi connectivity index (χ2v) is 2.96. The van der Waals surface area contributed by atoms with Crippen LogP contribution >= 0.6 is 0 Å². The maximum absolute atomic E-state index is 4.51. The lowest BCUT2D eigenvalue weighted by Gasteiger charge is -2.29. The van der Waals surface area contributed by atoms with Gasteiger partial charge in [0.05, 0.1) is 0 Å². The lowest BCUT2D eigenvalue weighted by molar-refractivity contribution is 0.375. The van der Waals surface area contributed by atoms with Gasteiger partial charge in [0.2, 0.25) is 0 Å². The molecule has 0 aromatic carbocycles. The van der Waals surface area contributed by atoms with E-state index < -0.39 is 0 Å². The van der Waals surface area contributed by atoms with Gasteiger partial charge in [-0.25, -0.2) is 0 Å². The van der Waals surface area contributed by atoms with Crippen molar-refractivity contribution in [3.8, 4) is 0 Å². The van der Waals surface area contributed by atoms with Gasteiger partial charge in [-0.05, 0) is 27.7 Å². The molecule has 78 valence electrons. The molecule has 0 aliphatic heterocycles. The summed E-state index contributed by atoms with van der Waals surface area (Å²) >= 11 is 0. The maximum atomic E-state index is 4.51. The third-order valence-corrected chi connectivity index (χ3v) is 2.16. The molecule has 0 aromatic heterocycles. The molecule has 0 aliphatic carbocycles. The van der Waals surface area contributed by atoms with Crippen molar-refractivity contribution in [2.45, 2.75) is 27.7 Å². The molecule has 13 heavy (non-hydrogen) atoms. The van der Waals surface area contributed by atoms with E-state index in [1.54, 1.807) is 0 Å². The van der Waals surface area contributed by atoms with Crippen LogP contribution in [0.2, 0.25) is 0 Å². The van der Waals surface area contributed by atoms with Crippen LogP contribution in [0.3, 0.4) is 0 Å². The van der Waals surface area contributed by atoms with E-state index in [0.717, 1.165) is 32.1 Å². The van der Waals surface area contributed by atoms with E-state index in [4.69, 9.17) is 0 Å². The topological polar surface area (TPSA) is 18.8 Å². The molecule has 0 unspecified atom stereocenters. The molecule has 3 heteroatoms. The molecule has 0 rings (SSSR count). The van der Waals surface area contributed by atoms with Crippen molar-refractivity contribution in [1.29, 1.82) is 0 Å². The van der Waals surface area contributed by atoms with Crippen LogP contribution in [0.1, 0.15) is 27.7 Å². The Morgan fingerprint density at radius 1 is 1.00 bits per heavy atom. The Morgan fingerprint density at radius 3 is 1.85 bits per heavy atom. The van der Waals surface area contributed by atoms with Gasteiger partial charge in [-0.1, -0.05) is 0 Å². The Balaban J connectivity index is 4.48. The van der Waals surface area contributed by atoms with Crippen molar-refractivity contribution in [3.63, 3.8) is 0 Å². The van der Waals surface area contributed by atoms with E-state index in [1.807, 2.05) is 0 Å². The number of rotatable bonds is 4. The van der Waals surface area contributed by atoms with Crippen LogP contribution in [0.5, 0.6) is 0 Å². The molecule has 0 fully saturated rings. The summed E-state index contributed by atoms with van der Waals surface area (Å²) in [6.07, 6.45) is 0. The van der Waals surface area contributed by atoms with Crippen molar-refractivity contribution in [3.05, 3.63) is 0 Å². The Bertz CT molecular complexity index is 150. The summed E-state index contributed by atoms with van der Waals surface area (Å²) in [7, 11) is 2.09. The quantitative estimate of drug-likeness (QED) is 0.490. The van der Waals surface area contributed by atoms with Gasteiger partial charge < -0.3 is 9.80 Å². The zero-order valence-electron chi connectivity index (χ0n) is 9.67. The highest BCUT2D eigenvalue weighted by molar-refractivity contribution is 5.79. The van der Waals surface area contributed by atoms with Gasteiger partial charge >= 0.3 is 0 Å². The minimum Gasteiger partial charge on any atom is -0.346 e. The number of aliphatic imine (C=N–C) groups is 1. The molecule has 0 amide bonds. The van der Waals surface area contributed by atoms with Crippen molar-refractivity contribution < 1.29 is 0 Å². The fraction of sp³-hybridized carbons (Fsp3) is 0.900. The van der Waals surface area contributed by atoms with Gasteiger partial charge in [-0.3, -0.25) is 4.99 Å². The SMILES string of the molecule is CCN=C(N(C)CC)N(CC)CC. The van der Waals surface area contributed by atoms with Crippen molar-refractivity contribution >= 4 is 5.96 Å². The highest BCUT2D eigenvalue weighted by Crippen LogP contribution is 1.97. The van der Waals surface area contributed by atoms with E-state index in [0.29, 0.717) is 0 Å². The highest BCUT2D eigenvalue weighted by atomic mass is 15.4. The van der Waals surface area contributed by atoms with Crippen molar-refractivity contribution in [2.24, 2.45) is 4.99 Å². The number of hydrogen-bond acceptors (Lipinski definition) is 1. The molecule has 0 aliphatic rings. The second kappa shape index (κ2) is 6.75. The molecule has 3 nitrogen and oxygen atoms in total. The summed E-state index contributed by atoms with van der Waals surface area (Å²) in [6, 6.07) is 0. The van der Waals surface area contributed by atoms with Gasteiger partial charge in [0.25, 0.3) is 0 Å². The first-order chi connectivity index (χ1) is 6.21. The molecule has 0 bridgehead atoms. The van der Waals surface area contributed by atoms with Crippen LogP contribution in [0.25, 0.3) is 0 Å². The largest absolute Gasteiger partial charge is 0.346 e. The number of hydrogen-bond donors (Lipinski definition) is 0. The average Bonchev–Trinajstić information content (AvgIpc) is 2.17. The first kappa shape index (κ1) is 12.3. The number of guanidine groups is 1. The van der Waals surface area contributed by atoms with E-state index in [2.05, 4.69) is 49.5 Å². The second-order valence-electron chi connectivity index (χ2n) is 2.96. The van der Waals surface area contributed by atoms with Crippen molar-refractivity contribution in [2.75, 3.05) is 33.2 Å². The number of nitrogens with zero attached hydrogens (tertiary/aromatic N) is 3. The van der Waals surface area contributed by atoms with E-state index in [9.17, 15) is 0 Å². The summed E-state index contributed by atoms with van der Waals surface area (Å²) in [6.45, 7) is 12.5. The Hall–Kier alpha value is -0.730. The van der Waals surface area contributed by atoms with E-state index in [-0.39, 0.29) is 0 Å². The summed E-state index contributed by atoms with van der Waals surface area (Å²) in [5.74, 6) is 1.12. The molecule has 0 spiro atoms. The van der Waals surface area contributed by atoms with Crippen LogP contribution in [-0.2, 0) is 0 Å². The molecule has 0 saturated heterocycles. The van der Waals surface area contributed by atoms with Gasteiger partial charge in [0, 0.05) is 33.2 Å². The van der Waals surface area contributed by atoms with Gasteiger partial charge in [-0.15, -0.1) is 0 Å². The first-order valence-corrected chi connectivity index (χ1v) is 5.21. The fourth-order valence-electron chi connectivity index (χ4n) is 1.25. The summed E-state index contributed by atoms with van der Waals surface area (Å²) in [5.41, 5.74) is 0. The Kier molecular flexibility index (Phi) is 6.37. The van der Waals surface area contributed by atoms with Crippen LogP contribution in [0.15, 0.2) is 4.99 Å². The van der Waals surface area contributed by atoms with Crippen molar-refractivity contribution in [1.82, 2.24) is 9.80 Å². The smallest absolute Gasteiger partial charge is 0.196 e. The molecule has 0 aromatic rings. The monoisotopic (exact) mass is 185 g/mol. The van der Waals surface area contributed by atoms with Crippen LogP contribution in [0, 0.1) is 0 Å². The summed E-state index contributed by atoms with van der Waals surface area (Å²) < 4.78 is 0. The minimum atomic E-state index is 0.857. The zero-order chi connectivity index (χ0) is 10.3. The third kappa shape index (κ3) is 3.66. The summed E-state index contributed by atoms with van der Waals surface area (Å²) in [4.78, 5) is 8.98. The van der Waals surface area contributed by atoms with E-state index in [1.165, 1.54) is 0 Å². The predicted molar refractivity (Wildman–Crippen MR) is 59.2 cm³/mol. The molecular weight excluding hydrogens is 162 g/mol. The van der Waals surface area contributed by atoms with Gasteiger partial charge in [-0.2, -0.15) is 0 Å². The lowest BCUT2D eigenvalue weighted by Crippen LogP contribution is -2.42. The fourth-order valence-corrected chi connectivity index (χ4v) is 1.25.